The molecule has 1 atom stereocenters. The van der Waals surface area contributed by atoms with Crippen LogP contribution in [0.1, 0.15) is 29.8 Å². The van der Waals surface area contributed by atoms with Crippen molar-refractivity contribution in [2.75, 3.05) is 18.9 Å². The number of benzene rings is 1. The average Bonchev–Trinajstić information content (AvgIpc) is 3.35. The fourth-order valence-electron chi connectivity index (χ4n) is 3.74. The number of hydrazone groups is 1. The largest absolute Gasteiger partial charge is 0.435 e. The maximum Gasteiger partial charge on any atom is 0.387 e. The molecule has 2 aliphatic rings. The molecule has 1 aromatic heterocycles. The van der Waals surface area contributed by atoms with Crippen LogP contribution in [0.4, 0.5) is 8.78 Å². The van der Waals surface area contributed by atoms with Crippen LogP contribution in [0.2, 0.25) is 0 Å². The van der Waals surface area contributed by atoms with Gasteiger partial charge < -0.3 is 14.0 Å². The number of thioether (sulfide) groups is 1. The predicted molar refractivity (Wildman–Crippen MR) is 115 cm³/mol. The predicted octanol–water partition coefficient (Wildman–Crippen LogP) is 4.27. The molecule has 0 aliphatic carbocycles. The van der Waals surface area contributed by atoms with E-state index in [9.17, 15) is 8.78 Å². The second-order valence-corrected chi connectivity index (χ2v) is 8.20. The van der Waals surface area contributed by atoms with Crippen molar-refractivity contribution in [3.8, 4) is 11.4 Å². The fourth-order valence-corrected chi connectivity index (χ4v) is 4.51. The fraction of sp³-hybridized carbons (Fsp3) is 0.429. The van der Waals surface area contributed by atoms with E-state index in [-0.39, 0.29) is 11.9 Å². The number of nitrogens with one attached hydrogen (secondary N) is 1. The third-order valence-corrected chi connectivity index (χ3v) is 6.07. The second kappa shape index (κ2) is 9.18. The monoisotopic (exact) mass is 434 g/mol. The molecule has 4 rings (SSSR count). The van der Waals surface area contributed by atoms with E-state index in [1.807, 2.05) is 13.8 Å². The Morgan fingerprint density at radius 3 is 2.77 bits per heavy atom. The summed E-state index contributed by atoms with van der Waals surface area (Å²) in [6, 6.07) is 8.73. The Balaban J connectivity index is 1.49. The third kappa shape index (κ3) is 4.67. The van der Waals surface area contributed by atoms with Gasteiger partial charge in [-0.2, -0.15) is 13.9 Å². The van der Waals surface area contributed by atoms with Gasteiger partial charge >= 0.3 is 6.61 Å². The highest BCUT2D eigenvalue weighted by atomic mass is 32.2. The zero-order chi connectivity index (χ0) is 21.1. The van der Waals surface area contributed by atoms with E-state index >= 15 is 0 Å². The van der Waals surface area contributed by atoms with Crippen molar-refractivity contribution in [3.05, 3.63) is 47.3 Å². The van der Waals surface area contributed by atoms with Crippen molar-refractivity contribution < 1.29 is 18.3 Å². The van der Waals surface area contributed by atoms with Crippen LogP contribution in [0, 0.1) is 13.8 Å². The minimum absolute atomic E-state index is 0.142. The minimum Gasteiger partial charge on any atom is -0.435 e. The number of hydrogen-bond acceptors (Lipinski definition) is 5. The van der Waals surface area contributed by atoms with E-state index in [4.69, 9.17) is 4.74 Å². The van der Waals surface area contributed by atoms with Crippen LogP contribution in [-0.2, 0) is 4.74 Å². The van der Waals surface area contributed by atoms with Crippen molar-refractivity contribution in [1.29, 1.82) is 0 Å². The van der Waals surface area contributed by atoms with E-state index in [2.05, 4.69) is 30.9 Å². The molecule has 2 aliphatic heterocycles. The van der Waals surface area contributed by atoms with Crippen LogP contribution in [0.3, 0.4) is 0 Å². The number of hydrogen-bond donors (Lipinski definition) is 1. The summed E-state index contributed by atoms with van der Waals surface area (Å²) < 4.78 is 36.9. The number of nitrogens with zero attached hydrogens (tertiary/aromatic N) is 3. The molecular formula is C21H24F2N4O2S. The standard InChI is InChI=1S/C21H24F2N4O2S/c1-13-10-18(14(2)27(13)15-5-7-16(8-6-15)29-20(22)23)19-12-30-21(26-25-19)24-11-17-4-3-9-28-17/h5-8,10,17,20H,3-4,9,11-12H2,1-2H3,(H,24,26). The second-order valence-electron chi connectivity index (χ2n) is 7.23. The normalized spacial score (nSPS) is 20.5. The summed E-state index contributed by atoms with van der Waals surface area (Å²) in [5.41, 5.74) is 8.03. The molecule has 0 bridgehead atoms. The van der Waals surface area contributed by atoms with Crippen molar-refractivity contribution in [3.63, 3.8) is 0 Å². The SMILES string of the molecule is Cc1cc(C2=NNC(=NCC3CCCO3)SC2)c(C)n1-c1ccc(OC(F)F)cc1. The van der Waals surface area contributed by atoms with Gasteiger partial charge in [0.05, 0.1) is 18.4 Å². The van der Waals surface area contributed by atoms with Gasteiger partial charge in [0.25, 0.3) is 0 Å². The zero-order valence-corrected chi connectivity index (χ0v) is 17.7. The number of halogens is 2. The lowest BCUT2D eigenvalue weighted by atomic mass is 10.1. The average molecular weight is 435 g/mol. The molecule has 1 saturated heterocycles. The Bertz CT molecular complexity index is 951. The molecule has 1 N–H and O–H groups in total. The van der Waals surface area contributed by atoms with Crippen LogP contribution >= 0.6 is 11.8 Å². The van der Waals surface area contributed by atoms with Gasteiger partial charge in [-0.05, 0) is 57.0 Å². The van der Waals surface area contributed by atoms with E-state index in [0.717, 1.165) is 58.7 Å². The highest BCUT2D eigenvalue weighted by molar-refractivity contribution is 8.14. The lowest BCUT2D eigenvalue weighted by molar-refractivity contribution is -0.0498. The van der Waals surface area contributed by atoms with Crippen LogP contribution in [-0.4, -0.2) is 47.1 Å². The molecule has 3 heterocycles. The first-order chi connectivity index (χ1) is 14.5. The number of aryl methyl sites for hydroxylation is 1. The van der Waals surface area contributed by atoms with Gasteiger partial charge in [0.15, 0.2) is 5.17 Å². The number of aromatic nitrogens is 1. The molecule has 2 aromatic rings. The first kappa shape index (κ1) is 20.9. The van der Waals surface area contributed by atoms with E-state index in [1.54, 1.807) is 36.0 Å². The Hall–Kier alpha value is -2.39. The molecule has 0 saturated carbocycles. The van der Waals surface area contributed by atoms with Crippen molar-refractivity contribution in [2.45, 2.75) is 39.4 Å². The Morgan fingerprint density at radius 1 is 1.33 bits per heavy atom. The first-order valence-electron chi connectivity index (χ1n) is 9.87. The van der Waals surface area contributed by atoms with Crippen molar-refractivity contribution in [2.24, 2.45) is 10.1 Å². The topological polar surface area (TPSA) is 60.1 Å². The third-order valence-electron chi connectivity index (χ3n) is 5.16. The first-order valence-corrected chi connectivity index (χ1v) is 10.9. The minimum atomic E-state index is -2.83. The number of rotatable bonds is 6. The van der Waals surface area contributed by atoms with Gasteiger partial charge in [-0.25, -0.2) is 0 Å². The summed E-state index contributed by atoms with van der Waals surface area (Å²) in [6.45, 7) is 2.71. The van der Waals surface area contributed by atoms with Crippen LogP contribution < -0.4 is 10.2 Å². The summed E-state index contributed by atoms with van der Waals surface area (Å²) >= 11 is 1.63. The highest BCUT2D eigenvalue weighted by Gasteiger charge is 2.20. The molecule has 30 heavy (non-hydrogen) atoms. The smallest absolute Gasteiger partial charge is 0.387 e. The van der Waals surface area contributed by atoms with Crippen LogP contribution in [0.5, 0.6) is 5.75 Å². The maximum atomic E-state index is 12.4. The molecule has 160 valence electrons. The molecule has 0 amide bonds. The molecule has 0 spiro atoms. The van der Waals surface area contributed by atoms with E-state index < -0.39 is 6.61 Å². The van der Waals surface area contributed by atoms with Crippen LogP contribution in [0.25, 0.3) is 5.69 Å². The lowest BCUT2D eigenvalue weighted by Crippen LogP contribution is -2.26. The Morgan fingerprint density at radius 2 is 2.13 bits per heavy atom. The molecule has 0 radical (unpaired) electrons. The van der Waals surface area contributed by atoms with Gasteiger partial charge in [0, 0.05) is 35.0 Å². The number of alkyl halides is 2. The molecule has 1 aromatic carbocycles. The molecule has 1 unspecified atom stereocenters. The van der Waals surface area contributed by atoms with Gasteiger partial charge in [-0.3, -0.25) is 10.4 Å². The molecule has 6 nitrogen and oxygen atoms in total. The van der Waals surface area contributed by atoms with Gasteiger partial charge in [-0.15, -0.1) is 0 Å². The molecule has 9 heteroatoms. The maximum absolute atomic E-state index is 12.4. The van der Waals surface area contributed by atoms with Gasteiger partial charge in [0.2, 0.25) is 0 Å². The van der Waals surface area contributed by atoms with E-state index in [1.165, 1.54) is 0 Å². The summed E-state index contributed by atoms with van der Waals surface area (Å²) in [4.78, 5) is 4.58. The molecular weight excluding hydrogens is 410 g/mol. The number of amidine groups is 1. The summed E-state index contributed by atoms with van der Waals surface area (Å²) in [5, 5.41) is 5.36. The van der Waals surface area contributed by atoms with E-state index in [0.29, 0.717) is 6.54 Å². The summed E-state index contributed by atoms with van der Waals surface area (Å²) in [7, 11) is 0. The lowest BCUT2D eigenvalue weighted by Gasteiger charge is -2.16. The summed E-state index contributed by atoms with van der Waals surface area (Å²) in [5.74, 6) is 0.867. The Kier molecular flexibility index (Phi) is 6.38. The zero-order valence-electron chi connectivity index (χ0n) is 16.9. The summed E-state index contributed by atoms with van der Waals surface area (Å²) in [6.07, 6.45) is 2.40. The van der Waals surface area contributed by atoms with Gasteiger partial charge in [0.1, 0.15) is 5.75 Å². The van der Waals surface area contributed by atoms with Crippen molar-refractivity contribution in [1.82, 2.24) is 9.99 Å². The quantitative estimate of drug-likeness (QED) is 0.738. The number of ether oxygens (including phenoxy) is 2. The number of aliphatic imine (C=N–C) groups is 1. The van der Waals surface area contributed by atoms with Crippen LogP contribution in [0.15, 0.2) is 40.4 Å². The van der Waals surface area contributed by atoms with Gasteiger partial charge in [-0.1, -0.05) is 11.8 Å². The molecule has 1 fully saturated rings. The van der Waals surface area contributed by atoms with Crippen molar-refractivity contribution >= 4 is 22.6 Å². The Labute approximate surface area is 178 Å². The highest BCUT2D eigenvalue weighted by Crippen LogP contribution is 2.26.